The number of carbonyl (C=O) groups excluding carboxylic acids is 1. The van der Waals surface area contributed by atoms with Crippen molar-refractivity contribution in [2.24, 2.45) is 11.7 Å². The standard InChI is InChI=1S/C18H27N3O.2ClH/c1-13(17(19)14-7-3-2-4-8-14)18(22)20-15-10-12-21-11-6-5-9-16(15)21;;/h2-4,7-8,13,15-17H,5-6,9-12,19H2,1H3,(H,20,22);2*1H. The van der Waals surface area contributed by atoms with E-state index >= 15 is 0 Å². The van der Waals surface area contributed by atoms with E-state index in [0.29, 0.717) is 12.1 Å². The monoisotopic (exact) mass is 373 g/mol. The lowest BCUT2D eigenvalue weighted by Crippen LogP contribution is -2.49. The number of fused-ring (bicyclic) bond motifs is 1. The highest BCUT2D eigenvalue weighted by Crippen LogP contribution is 2.28. The summed E-state index contributed by atoms with van der Waals surface area (Å²) in [6.45, 7) is 4.24. The van der Waals surface area contributed by atoms with Gasteiger partial charge in [-0.25, -0.2) is 0 Å². The normalized spacial score (nSPS) is 25.6. The SMILES string of the molecule is CC(C(=O)NC1CCN2CCCCC12)C(N)c1ccccc1.Cl.Cl. The highest BCUT2D eigenvalue weighted by Gasteiger charge is 2.37. The van der Waals surface area contributed by atoms with E-state index in [1.165, 1.54) is 25.8 Å². The third-order valence-corrected chi connectivity index (χ3v) is 5.32. The van der Waals surface area contributed by atoms with Crippen LogP contribution in [0.25, 0.3) is 0 Å². The minimum Gasteiger partial charge on any atom is -0.351 e. The van der Waals surface area contributed by atoms with E-state index in [-0.39, 0.29) is 42.7 Å². The molecule has 0 spiro atoms. The summed E-state index contributed by atoms with van der Waals surface area (Å²) in [5.74, 6) is -0.117. The van der Waals surface area contributed by atoms with Crippen LogP contribution in [-0.4, -0.2) is 36.0 Å². The van der Waals surface area contributed by atoms with Gasteiger partial charge in [-0.05, 0) is 31.4 Å². The zero-order valence-electron chi connectivity index (χ0n) is 14.2. The number of hydrogen-bond donors (Lipinski definition) is 2. The maximum Gasteiger partial charge on any atom is 0.225 e. The molecule has 2 heterocycles. The van der Waals surface area contributed by atoms with Gasteiger partial charge in [-0.2, -0.15) is 0 Å². The topological polar surface area (TPSA) is 58.4 Å². The molecular weight excluding hydrogens is 345 g/mol. The van der Waals surface area contributed by atoms with E-state index in [0.717, 1.165) is 18.5 Å². The lowest BCUT2D eigenvalue weighted by atomic mass is 9.93. The molecule has 3 rings (SSSR count). The quantitative estimate of drug-likeness (QED) is 0.852. The van der Waals surface area contributed by atoms with E-state index in [4.69, 9.17) is 5.73 Å². The molecule has 24 heavy (non-hydrogen) atoms. The van der Waals surface area contributed by atoms with E-state index < -0.39 is 0 Å². The van der Waals surface area contributed by atoms with Crippen molar-refractivity contribution in [2.45, 2.75) is 50.7 Å². The fourth-order valence-electron chi connectivity index (χ4n) is 3.86. The lowest BCUT2D eigenvalue weighted by molar-refractivity contribution is -0.126. The molecule has 0 aliphatic carbocycles. The van der Waals surface area contributed by atoms with Gasteiger partial charge in [0.2, 0.25) is 5.91 Å². The summed E-state index contributed by atoms with van der Waals surface area (Å²) in [7, 11) is 0. The van der Waals surface area contributed by atoms with Crippen LogP contribution in [-0.2, 0) is 4.79 Å². The van der Waals surface area contributed by atoms with Crippen molar-refractivity contribution in [3.63, 3.8) is 0 Å². The van der Waals surface area contributed by atoms with Crippen LogP contribution in [0.2, 0.25) is 0 Å². The summed E-state index contributed by atoms with van der Waals surface area (Å²) in [6, 6.07) is 10.5. The third kappa shape index (κ3) is 4.63. The summed E-state index contributed by atoms with van der Waals surface area (Å²) in [4.78, 5) is 15.1. The Labute approximate surface area is 157 Å². The number of nitrogens with zero attached hydrogens (tertiary/aromatic N) is 1. The van der Waals surface area contributed by atoms with E-state index in [2.05, 4.69) is 10.2 Å². The molecule has 1 aromatic rings. The third-order valence-electron chi connectivity index (χ3n) is 5.32. The second-order valence-corrected chi connectivity index (χ2v) is 6.73. The van der Waals surface area contributed by atoms with Gasteiger partial charge in [-0.3, -0.25) is 9.69 Å². The van der Waals surface area contributed by atoms with Gasteiger partial charge in [-0.1, -0.05) is 43.7 Å². The first-order chi connectivity index (χ1) is 10.7. The minimum atomic E-state index is -0.245. The molecular formula is C18H29Cl2N3O. The fourth-order valence-corrected chi connectivity index (χ4v) is 3.86. The number of nitrogens with two attached hydrogens (primary N) is 1. The summed E-state index contributed by atoms with van der Waals surface area (Å²) in [6.07, 6.45) is 4.87. The average molecular weight is 374 g/mol. The van der Waals surface area contributed by atoms with Crippen LogP contribution in [0.15, 0.2) is 30.3 Å². The Morgan fingerprint density at radius 1 is 1.17 bits per heavy atom. The predicted molar refractivity (Wildman–Crippen MR) is 103 cm³/mol. The maximum atomic E-state index is 12.6. The van der Waals surface area contributed by atoms with E-state index in [1.54, 1.807) is 0 Å². The zero-order chi connectivity index (χ0) is 15.5. The smallest absolute Gasteiger partial charge is 0.225 e. The highest BCUT2D eigenvalue weighted by molar-refractivity contribution is 5.85. The summed E-state index contributed by atoms with van der Waals surface area (Å²) in [5.41, 5.74) is 7.30. The van der Waals surface area contributed by atoms with Gasteiger partial charge in [0.05, 0.1) is 5.92 Å². The second kappa shape index (κ2) is 9.62. The molecule has 136 valence electrons. The Morgan fingerprint density at radius 3 is 2.58 bits per heavy atom. The number of amides is 1. The van der Waals surface area contributed by atoms with Crippen LogP contribution < -0.4 is 11.1 Å². The summed E-state index contributed by atoms with van der Waals surface area (Å²) in [5, 5.41) is 3.27. The number of hydrogen-bond acceptors (Lipinski definition) is 3. The van der Waals surface area contributed by atoms with Crippen molar-refractivity contribution in [1.29, 1.82) is 0 Å². The summed E-state index contributed by atoms with van der Waals surface area (Å²) < 4.78 is 0. The Kier molecular flexibility index (Phi) is 8.51. The average Bonchev–Trinajstić information content (AvgIpc) is 2.97. The fraction of sp³-hybridized carbons (Fsp3) is 0.611. The zero-order valence-corrected chi connectivity index (χ0v) is 15.8. The first-order valence-electron chi connectivity index (χ1n) is 8.52. The van der Waals surface area contributed by atoms with E-state index in [1.807, 2.05) is 37.3 Å². The van der Waals surface area contributed by atoms with Gasteiger partial charge in [0.1, 0.15) is 0 Å². The number of piperidine rings is 1. The Morgan fingerprint density at radius 2 is 1.88 bits per heavy atom. The predicted octanol–water partition coefficient (Wildman–Crippen LogP) is 2.91. The lowest BCUT2D eigenvalue weighted by Gasteiger charge is -2.33. The maximum absolute atomic E-state index is 12.6. The summed E-state index contributed by atoms with van der Waals surface area (Å²) >= 11 is 0. The molecule has 2 fully saturated rings. The number of halogens is 2. The van der Waals surface area contributed by atoms with Crippen LogP contribution in [0, 0.1) is 5.92 Å². The Hall–Kier alpha value is -0.810. The van der Waals surface area contributed by atoms with Gasteiger partial charge in [0.25, 0.3) is 0 Å². The van der Waals surface area contributed by atoms with Crippen LogP contribution in [0.3, 0.4) is 0 Å². The molecule has 0 aromatic heterocycles. The van der Waals surface area contributed by atoms with Gasteiger partial charge < -0.3 is 11.1 Å². The van der Waals surface area contributed by atoms with Gasteiger partial charge in [0.15, 0.2) is 0 Å². The Bertz CT molecular complexity index is 514. The molecule has 3 N–H and O–H groups in total. The van der Waals surface area contributed by atoms with Gasteiger partial charge in [-0.15, -0.1) is 24.8 Å². The first kappa shape index (κ1) is 21.2. The molecule has 0 saturated carbocycles. The van der Waals surface area contributed by atoms with Gasteiger partial charge in [0, 0.05) is 24.7 Å². The first-order valence-corrected chi connectivity index (χ1v) is 8.52. The molecule has 0 bridgehead atoms. The highest BCUT2D eigenvalue weighted by atomic mass is 35.5. The van der Waals surface area contributed by atoms with Crippen LogP contribution in [0.1, 0.15) is 44.2 Å². The van der Waals surface area contributed by atoms with Crippen LogP contribution in [0.5, 0.6) is 0 Å². The molecule has 6 heteroatoms. The van der Waals surface area contributed by atoms with E-state index in [9.17, 15) is 4.79 Å². The molecule has 4 atom stereocenters. The van der Waals surface area contributed by atoms with Crippen LogP contribution in [0.4, 0.5) is 0 Å². The molecule has 2 aliphatic heterocycles. The number of benzene rings is 1. The van der Waals surface area contributed by atoms with Crippen molar-refractivity contribution >= 4 is 30.7 Å². The largest absolute Gasteiger partial charge is 0.351 e. The molecule has 2 aliphatic rings. The molecule has 4 unspecified atom stereocenters. The van der Waals surface area contributed by atoms with Crippen molar-refractivity contribution < 1.29 is 4.79 Å². The van der Waals surface area contributed by atoms with Crippen LogP contribution >= 0.6 is 24.8 Å². The van der Waals surface area contributed by atoms with Gasteiger partial charge >= 0.3 is 0 Å². The number of carbonyl (C=O) groups is 1. The van der Waals surface area contributed by atoms with Crippen molar-refractivity contribution in [2.75, 3.05) is 13.1 Å². The second-order valence-electron chi connectivity index (χ2n) is 6.73. The molecule has 0 radical (unpaired) electrons. The molecule has 2 saturated heterocycles. The van der Waals surface area contributed by atoms with Crippen molar-refractivity contribution in [3.05, 3.63) is 35.9 Å². The molecule has 4 nitrogen and oxygen atoms in total. The minimum absolute atomic E-state index is 0. The molecule has 1 aromatic carbocycles. The number of nitrogens with one attached hydrogen (secondary N) is 1. The van der Waals surface area contributed by atoms with Crippen molar-refractivity contribution in [1.82, 2.24) is 10.2 Å². The Balaban J connectivity index is 0.00000144. The van der Waals surface area contributed by atoms with Crippen molar-refractivity contribution in [3.8, 4) is 0 Å². The molecule has 1 amide bonds. The number of rotatable bonds is 4.